The maximum absolute atomic E-state index is 11.3. The highest BCUT2D eigenvalue weighted by Crippen LogP contribution is 2.14. The van der Waals surface area contributed by atoms with Crippen molar-refractivity contribution < 1.29 is 0 Å². The Morgan fingerprint density at radius 1 is 1.33 bits per heavy atom. The molecule has 21 heavy (non-hydrogen) atoms. The summed E-state index contributed by atoms with van der Waals surface area (Å²) in [6, 6.07) is 11.6. The van der Waals surface area contributed by atoms with Gasteiger partial charge in [-0.1, -0.05) is 41.7 Å². The molecule has 0 aliphatic carbocycles. The Hall–Kier alpha value is -1.43. The molecule has 0 amide bonds. The highest BCUT2D eigenvalue weighted by molar-refractivity contribution is 7.07. The number of aromatic amines is 1. The normalized spacial score (nSPS) is 23.3. The molecule has 2 heterocycles. The Morgan fingerprint density at radius 2 is 2.14 bits per heavy atom. The highest BCUT2D eigenvalue weighted by atomic mass is 32.1. The third-order valence-corrected chi connectivity index (χ3v) is 4.77. The molecule has 112 valence electrons. The zero-order chi connectivity index (χ0) is 14.7. The first kappa shape index (κ1) is 14.5. The fraction of sp³-hybridized carbons (Fsp3) is 0.438. The van der Waals surface area contributed by atoms with Gasteiger partial charge in [0.25, 0.3) is 0 Å². The summed E-state index contributed by atoms with van der Waals surface area (Å²) in [7, 11) is 0. The smallest absolute Gasteiger partial charge is 0.304 e. The Labute approximate surface area is 128 Å². The van der Waals surface area contributed by atoms with Gasteiger partial charge in [-0.05, 0) is 18.9 Å². The summed E-state index contributed by atoms with van der Waals surface area (Å²) >= 11 is 1.24. The van der Waals surface area contributed by atoms with Crippen LogP contribution in [0.5, 0.6) is 0 Å². The molecule has 1 aromatic carbocycles. The predicted molar refractivity (Wildman–Crippen MR) is 86.7 cm³/mol. The Balaban J connectivity index is 1.63. The van der Waals surface area contributed by atoms with E-state index in [2.05, 4.69) is 52.5 Å². The van der Waals surface area contributed by atoms with Gasteiger partial charge in [0.1, 0.15) is 0 Å². The third kappa shape index (κ3) is 3.81. The molecule has 0 spiro atoms. The van der Waals surface area contributed by atoms with Crippen molar-refractivity contribution >= 4 is 11.3 Å². The van der Waals surface area contributed by atoms with E-state index in [4.69, 9.17) is 0 Å². The largest absolute Gasteiger partial charge is 0.315 e. The molecule has 0 radical (unpaired) electrons. The number of thiazole rings is 1. The van der Waals surface area contributed by atoms with E-state index in [-0.39, 0.29) is 4.87 Å². The van der Waals surface area contributed by atoms with Gasteiger partial charge in [0.05, 0.1) is 0 Å². The first-order valence-corrected chi connectivity index (χ1v) is 8.27. The zero-order valence-corrected chi connectivity index (χ0v) is 13.0. The molecule has 2 aromatic rings. The maximum atomic E-state index is 11.3. The Bertz CT molecular complexity index is 622. The molecule has 1 fully saturated rings. The molecule has 0 bridgehead atoms. The molecular weight excluding hydrogens is 282 g/mol. The summed E-state index contributed by atoms with van der Waals surface area (Å²) in [6.07, 6.45) is 1.05. The van der Waals surface area contributed by atoms with Crippen molar-refractivity contribution in [2.45, 2.75) is 32.0 Å². The van der Waals surface area contributed by atoms with Crippen LogP contribution in [0.1, 0.15) is 18.2 Å². The number of nitrogens with one attached hydrogen (secondary N) is 2. The van der Waals surface area contributed by atoms with Crippen LogP contribution in [-0.2, 0) is 13.0 Å². The molecule has 2 atom stereocenters. The van der Waals surface area contributed by atoms with Gasteiger partial charge in [-0.3, -0.25) is 9.69 Å². The second kappa shape index (κ2) is 6.56. The van der Waals surface area contributed by atoms with Crippen molar-refractivity contribution in [3.8, 4) is 0 Å². The number of nitrogens with zero attached hydrogens (tertiary/aromatic N) is 1. The highest BCUT2D eigenvalue weighted by Gasteiger charge is 2.25. The van der Waals surface area contributed by atoms with E-state index in [1.54, 1.807) is 0 Å². The first-order valence-electron chi connectivity index (χ1n) is 7.39. The van der Waals surface area contributed by atoms with Crippen LogP contribution in [0.25, 0.3) is 0 Å². The average molecular weight is 303 g/mol. The monoisotopic (exact) mass is 303 g/mol. The lowest BCUT2D eigenvalue weighted by Gasteiger charge is -2.38. The number of rotatable bonds is 4. The molecule has 0 saturated carbocycles. The molecule has 2 unspecified atom stereocenters. The van der Waals surface area contributed by atoms with Crippen LogP contribution in [0.4, 0.5) is 0 Å². The number of hydrogen-bond donors (Lipinski definition) is 2. The van der Waals surface area contributed by atoms with Crippen LogP contribution in [-0.4, -0.2) is 35.1 Å². The van der Waals surface area contributed by atoms with Gasteiger partial charge < -0.3 is 10.3 Å². The summed E-state index contributed by atoms with van der Waals surface area (Å²) in [5.41, 5.74) is 2.39. The number of H-pyrrole nitrogens is 1. The SMILES string of the molecule is CC1CNC(Cc2ccccc2)CN1Cc1csc(=O)[nH]1. The third-order valence-electron chi connectivity index (χ3n) is 4.05. The minimum atomic E-state index is 0.0358. The molecule has 1 saturated heterocycles. The number of hydrogen-bond acceptors (Lipinski definition) is 4. The number of benzene rings is 1. The van der Waals surface area contributed by atoms with Gasteiger partial charge in [0, 0.05) is 42.8 Å². The Kier molecular flexibility index (Phi) is 4.53. The summed E-state index contributed by atoms with van der Waals surface area (Å²) < 4.78 is 0. The maximum Gasteiger partial charge on any atom is 0.304 e. The molecule has 1 aliphatic heterocycles. The van der Waals surface area contributed by atoms with Crippen molar-refractivity contribution in [2.75, 3.05) is 13.1 Å². The van der Waals surface area contributed by atoms with Crippen LogP contribution >= 0.6 is 11.3 Å². The lowest BCUT2D eigenvalue weighted by atomic mass is 10.0. The average Bonchev–Trinajstić information content (AvgIpc) is 2.89. The van der Waals surface area contributed by atoms with E-state index in [9.17, 15) is 4.79 Å². The van der Waals surface area contributed by atoms with Crippen LogP contribution in [0.3, 0.4) is 0 Å². The van der Waals surface area contributed by atoms with Gasteiger partial charge in [-0.25, -0.2) is 0 Å². The van der Waals surface area contributed by atoms with E-state index in [1.807, 2.05) is 5.38 Å². The minimum Gasteiger partial charge on any atom is -0.315 e. The van der Waals surface area contributed by atoms with Crippen molar-refractivity contribution in [2.24, 2.45) is 0 Å². The van der Waals surface area contributed by atoms with E-state index in [1.165, 1.54) is 16.9 Å². The van der Waals surface area contributed by atoms with Gasteiger partial charge in [0.15, 0.2) is 0 Å². The van der Waals surface area contributed by atoms with Gasteiger partial charge in [-0.2, -0.15) is 0 Å². The van der Waals surface area contributed by atoms with Crippen molar-refractivity contribution in [3.05, 3.63) is 56.6 Å². The predicted octanol–water partition coefficient (Wildman–Crippen LogP) is 1.84. The van der Waals surface area contributed by atoms with Gasteiger partial charge in [0.2, 0.25) is 0 Å². The summed E-state index contributed by atoms with van der Waals surface area (Å²) in [5.74, 6) is 0. The molecule has 2 N–H and O–H groups in total. The summed E-state index contributed by atoms with van der Waals surface area (Å²) in [4.78, 5) is 16.6. The van der Waals surface area contributed by atoms with E-state index in [0.29, 0.717) is 12.1 Å². The van der Waals surface area contributed by atoms with Gasteiger partial charge in [-0.15, -0.1) is 0 Å². The summed E-state index contributed by atoms with van der Waals surface area (Å²) in [6.45, 7) is 5.06. The van der Waals surface area contributed by atoms with Crippen LogP contribution in [0.2, 0.25) is 0 Å². The van der Waals surface area contributed by atoms with Crippen molar-refractivity contribution in [3.63, 3.8) is 0 Å². The molecule has 1 aromatic heterocycles. The lowest BCUT2D eigenvalue weighted by Crippen LogP contribution is -2.55. The fourth-order valence-corrected chi connectivity index (χ4v) is 3.43. The topological polar surface area (TPSA) is 48.1 Å². The minimum absolute atomic E-state index is 0.0358. The van der Waals surface area contributed by atoms with Crippen LogP contribution < -0.4 is 10.2 Å². The first-order chi connectivity index (χ1) is 10.2. The molecular formula is C16H21N3OS. The molecule has 5 heteroatoms. The standard InChI is InChI=1S/C16H21N3OS/c1-12-8-17-14(7-13-5-3-2-4-6-13)9-19(12)10-15-11-21-16(20)18-15/h2-6,11-12,14,17H,7-10H2,1H3,(H,18,20). The van der Waals surface area contributed by atoms with Crippen LogP contribution in [0.15, 0.2) is 40.5 Å². The molecule has 4 nitrogen and oxygen atoms in total. The molecule has 1 aliphatic rings. The van der Waals surface area contributed by atoms with Gasteiger partial charge >= 0.3 is 4.87 Å². The summed E-state index contributed by atoms with van der Waals surface area (Å²) in [5, 5.41) is 5.56. The van der Waals surface area contributed by atoms with E-state index in [0.717, 1.165) is 31.7 Å². The van der Waals surface area contributed by atoms with Crippen molar-refractivity contribution in [1.29, 1.82) is 0 Å². The van der Waals surface area contributed by atoms with E-state index >= 15 is 0 Å². The molecule has 3 rings (SSSR count). The quantitative estimate of drug-likeness (QED) is 0.906. The Morgan fingerprint density at radius 3 is 2.86 bits per heavy atom. The zero-order valence-electron chi connectivity index (χ0n) is 12.2. The lowest BCUT2D eigenvalue weighted by molar-refractivity contribution is 0.131. The number of aromatic nitrogens is 1. The second-order valence-electron chi connectivity index (χ2n) is 5.75. The van der Waals surface area contributed by atoms with Crippen LogP contribution in [0, 0.1) is 0 Å². The second-order valence-corrected chi connectivity index (χ2v) is 6.59. The van der Waals surface area contributed by atoms with Crippen molar-refractivity contribution in [1.82, 2.24) is 15.2 Å². The van der Waals surface area contributed by atoms with E-state index < -0.39 is 0 Å². The fourth-order valence-electron chi connectivity index (χ4n) is 2.86. The number of piperazine rings is 1.